The number of carboxylic acids is 1. The predicted octanol–water partition coefficient (Wildman–Crippen LogP) is 3.00. The van der Waals surface area contributed by atoms with E-state index in [1.807, 2.05) is 24.3 Å². The van der Waals surface area contributed by atoms with Crippen molar-refractivity contribution in [2.75, 3.05) is 5.32 Å². The Balaban J connectivity index is 1.74. The minimum atomic E-state index is -0.897. The Labute approximate surface area is 118 Å². The maximum atomic E-state index is 10.8. The molecule has 0 bridgehead atoms. The zero-order valence-corrected chi connectivity index (χ0v) is 11.2. The van der Waals surface area contributed by atoms with Crippen molar-refractivity contribution >= 4 is 34.2 Å². The van der Waals surface area contributed by atoms with E-state index in [-0.39, 0.29) is 0 Å². The smallest absolute Gasteiger partial charge is 0.345 e. The fourth-order valence-corrected chi connectivity index (χ4v) is 2.59. The van der Waals surface area contributed by atoms with Crippen molar-refractivity contribution in [1.82, 2.24) is 9.97 Å². The fourth-order valence-electron chi connectivity index (χ4n) is 1.81. The Morgan fingerprint density at radius 1 is 1.20 bits per heavy atom. The van der Waals surface area contributed by atoms with Crippen LogP contribution >= 0.6 is 11.3 Å². The molecule has 100 valence electrons. The van der Waals surface area contributed by atoms with Crippen LogP contribution in [0.5, 0.6) is 0 Å². The van der Waals surface area contributed by atoms with Crippen LogP contribution in [-0.2, 0) is 6.54 Å². The van der Waals surface area contributed by atoms with Crippen LogP contribution < -0.4 is 5.32 Å². The number of anilines is 1. The highest BCUT2D eigenvalue weighted by molar-refractivity contribution is 7.13. The van der Waals surface area contributed by atoms with Gasteiger partial charge in [0.05, 0.1) is 23.8 Å². The third-order valence-electron chi connectivity index (χ3n) is 2.76. The summed E-state index contributed by atoms with van der Waals surface area (Å²) < 4.78 is 0. The van der Waals surface area contributed by atoms with Crippen molar-refractivity contribution in [3.8, 4) is 0 Å². The van der Waals surface area contributed by atoms with E-state index in [0.29, 0.717) is 17.2 Å². The van der Waals surface area contributed by atoms with Crippen LogP contribution in [-0.4, -0.2) is 21.0 Å². The second kappa shape index (κ2) is 5.26. The summed E-state index contributed by atoms with van der Waals surface area (Å²) in [5.74, 6) is -0.222. The number of benzene rings is 1. The minimum Gasteiger partial charge on any atom is -0.477 e. The maximum absolute atomic E-state index is 10.8. The first-order valence-corrected chi connectivity index (χ1v) is 6.82. The van der Waals surface area contributed by atoms with Gasteiger partial charge in [0.2, 0.25) is 0 Å². The van der Waals surface area contributed by atoms with Gasteiger partial charge in [-0.3, -0.25) is 4.98 Å². The Kier molecular flexibility index (Phi) is 3.30. The Hall–Kier alpha value is -2.47. The monoisotopic (exact) mass is 285 g/mol. The summed E-state index contributed by atoms with van der Waals surface area (Å²) in [6.07, 6.45) is 1.67. The number of aromatic carboxylic acids is 1. The van der Waals surface area contributed by atoms with E-state index >= 15 is 0 Å². The van der Waals surface area contributed by atoms with Crippen molar-refractivity contribution in [3.05, 3.63) is 52.3 Å². The molecule has 0 aliphatic rings. The average Bonchev–Trinajstić information content (AvgIpc) is 2.94. The molecular formula is C14H11N3O2S. The molecule has 5 nitrogen and oxygen atoms in total. The number of fused-ring (bicyclic) bond motifs is 1. The highest BCUT2D eigenvalue weighted by Crippen LogP contribution is 2.18. The fraction of sp³-hybridized carbons (Fsp3) is 0.0714. The van der Waals surface area contributed by atoms with Crippen LogP contribution in [0.15, 0.2) is 42.6 Å². The van der Waals surface area contributed by atoms with Gasteiger partial charge in [0.25, 0.3) is 0 Å². The summed E-state index contributed by atoms with van der Waals surface area (Å²) in [7, 11) is 0. The normalized spacial score (nSPS) is 10.6. The topological polar surface area (TPSA) is 75.1 Å². The maximum Gasteiger partial charge on any atom is 0.345 e. The second-order valence-corrected chi connectivity index (χ2v) is 5.34. The molecule has 0 amide bonds. The lowest BCUT2D eigenvalue weighted by Crippen LogP contribution is -2.00. The zero-order valence-electron chi connectivity index (χ0n) is 10.4. The van der Waals surface area contributed by atoms with E-state index in [1.165, 1.54) is 11.3 Å². The zero-order chi connectivity index (χ0) is 13.9. The van der Waals surface area contributed by atoms with Gasteiger partial charge in [-0.05, 0) is 24.3 Å². The van der Waals surface area contributed by atoms with E-state index in [2.05, 4.69) is 15.3 Å². The number of rotatable bonds is 4. The van der Waals surface area contributed by atoms with Crippen LogP contribution in [0.25, 0.3) is 11.0 Å². The van der Waals surface area contributed by atoms with Gasteiger partial charge in [0.1, 0.15) is 10.7 Å². The lowest BCUT2D eigenvalue weighted by atomic mass is 10.3. The molecule has 2 aromatic heterocycles. The van der Waals surface area contributed by atoms with Crippen LogP contribution in [0.4, 0.5) is 5.82 Å². The van der Waals surface area contributed by atoms with Crippen LogP contribution in [0, 0.1) is 0 Å². The number of para-hydroxylation sites is 2. The van der Waals surface area contributed by atoms with Gasteiger partial charge in [-0.2, -0.15) is 0 Å². The molecule has 0 aliphatic carbocycles. The summed E-state index contributed by atoms with van der Waals surface area (Å²) in [5, 5.41) is 12.0. The van der Waals surface area contributed by atoms with E-state index in [4.69, 9.17) is 5.11 Å². The third-order valence-corrected chi connectivity index (χ3v) is 3.84. The molecule has 0 fully saturated rings. The number of carbonyl (C=O) groups is 1. The van der Waals surface area contributed by atoms with Gasteiger partial charge in [-0.25, -0.2) is 9.78 Å². The van der Waals surface area contributed by atoms with Crippen LogP contribution in [0.2, 0.25) is 0 Å². The summed E-state index contributed by atoms with van der Waals surface area (Å²) in [4.78, 5) is 20.8. The van der Waals surface area contributed by atoms with Crippen molar-refractivity contribution in [2.45, 2.75) is 6.54 Å². The Morgan fingerprint density at radius 3 is 2.75 bits per heavy atom. The molecule has 0 spiro atoms. The second-order valence-electron chi connectivity index (χ2n) is 4.17. The molecule has 0 unspecified atom stereocenters. The van der Waals surface area contributed by atoms with Gasteiger partial charge in [0.15, 0.2) is 0 Å². The molecule has 0 atom stereocenters. The lowest BCUT2D eigenvalue weighted by molar-refractivity contribution is 0.0702. The summed E-state index contributed by atoms with van der Waals surface area (Å²) in [6, 6.07) is 11.1. The molecule has 0 saturated heterocycles. The quantitative estimate of drug-likeness (QED) is 0.770. The van der Waals surface area contributed by atoms with Crippen molar-refractivity contribution in [2.24, 2.45) is 0 Å². The number of thiophene rings is 1. The first kappa shape index (κ1) is 12.6. The van der Waals surface area contributed by atoms with Crippen LogP contribution in [0.3, 0.4) is 0 Å². The van der Waals surface area contributed by atoms with Crippen LogP contribution in [0.1, 0.15) is 14.5 Å². The van der Waals surface area contributed by atoms with Crippen molar-refractivity contribution in [3.63, 3.8) is 0 Å². The summed E-state index contributed by atoms with van der Waals surface area (Å²) >= 11 is 1.25. The van der Waals surface area contributed by atoms with Gasteiger partial charge in [-0.1, -0.05) is 12.1 Å². The molecule has 3 rings (SSSR count). The Bertz CT molecular complexity index is 770. The molecule has 2 heterocycles. The molecule has 1 aromatic carbocycles. The van der Waals surface area contributed by atoms with Crippen molar-refractivity contribution in [1.29, 1.82) is 0 Å². The predicted molar refractivity (Wildman–Crippen MR) is 78.1 cm³/mol. The molecule has 6 heteroatoms. The largest absolute Gasteiger partial charge is 0.477 e. The first-order chi connectivity index (χ1) is 9.72. The molecular weight excluding hydrogens is 274 g/mol. The number of carboxylic acid groups (broad SMARTS) is 1. The standard InChI is InChI=1S/C14H11N3O2S/c18-14(19)12-6-5-9(20-12)7-16-13-8-15-10-3-1-2-4-11(10)17-13/h1-6,8H,7H2,(H,16,17)(H,18,19). The van der Waals surface area contributed by atoms with Gasteiger partial charge >= 0.3 is 5.97 Å². The molecule has 3 aromatic rings. The number of aromatic nitrogens is 2. The molecule has 0 saturated carbocycles. The van der Waals surface area contributed by atoms with Gasteiger partial charge < -0.3 is 10.4 Å². The Morgan fingerprint density at radius 2 is 2.00 bits per heavy atom. The van der Waals surface area contributed by atoms with E-state index in [0.717, 1.165) is 15.9 Å². The SMILES string of the molecule is O=C(O)c1ccc(CNc2cnc3ccccc3n2)s1. The highest BCUT2D eigenvalue weighted by Gasteiger charge is 2.07. The van der Waals surface area contributed by atoms with E-state index in [1.54, 1.807) is 18.3 Å². The first-order valence-electron chi connectivity index (χ1n) is 6.00. The number of hydrogen-bond acceptors (Lipinski definition) is 5. The molecule has 0 radical (unpaired) electrons. The minimum absolute atomic E-state index is 0.339. The average molecular weight is 285 g/mol. The third kappa shape index (κ3) is 2.60. The summed E-state index contributed by atoms with van der Waals surface area (Å²) in [6.45, 7) is 0.533. The van der Waals surface area contributed by atoms with E-state index in [9.17, 15) is 4.79 Å². The molecule has 2 N–H and O–H groups in total. The highest BCUT2D eigenvalue weighted by atomic mass is 32.1. The van der Waals surface area contributed by atoms with Gasteiger partial charge in [0, 0.05) is 4.88 Å². The van der Waals surface area contributed by atoms with Crippen molar-refractivity contribution < 1.29 is 9.90 Å². The molecule has 20 heavy (non-hydrogen) atoms. The lowest BCUT2D eigenvalue weighted by Gasteiger charge is -2.04. The number of hydrogen-bond donors (Lipinski definition) is 2. The van der Waals surface area contributed by atoms with Gasteiger partial charge in [-0.15, -0.1) is 11.3 Å². The number of nitrogens with zero attached hydrogens (tertiary/aromatic N) is 2. The summed E-state index contributed by atoms with van der Waals surface area (Å²) in [5.41, 5.74) is 1.68. The van der Waals surface area contributed by atoms with E-state index < -0.39 is 5.97 Å². The number of nitrogens with one attached hydrogen (secondary N) is 1. The molecule has 0 aliphatic heterocycles.